The quantitative estimate of drug-likeness (QED) is 0.858. The first-order valence-electron chi connectivity index (χ1n) is 8.36. The van der Waals surface area contributed by atoms with Crippen LogP contribution in [0.3, 0.4) is 0 Å². The zero-order valence-corrected chi connectivity index (χ0v) is 12.7. The number of hydrogen-bond donors (Lipinski definition) is 1. The fourth-order valence-electron chi connectivity index (χ4n) is 4.73. The summed E-state index contributed by atoms with van der Waals surface area (Å²) in [7, 11) is 0. The molecule has 0 aromatic heterocycles. The first-order chi connectivity index (χ1) is 10.3. The molecule has 2 aliphatic heterocycles. The third-order valence-corrected chi connectivity index (χ3v) is 5.70. The Kier molecular flexibility index (Phi) is 3.26. The van der Waals surface area contributed by atoms with Gasteiger partial charge in [-0.1, -0.05) is 24.3 Å². The predicted molar refractivity (Wildman–Crippen MR) is 83.2 cm³/mol. The van der Waals surface area contributed by atoms with E-state index < -0.39 is 0 Å². The Morgan fingerprint density at radius 2 is 2.14 bits per heavy atom. The van der Waals surface area contributed by atoms with Gasteiger partial charge in [0, 0.05) is 25.2 Å². The predicted octanol–water partition coefficient (Wildman–Crippen LogP) is 2.32. The van der Waals surface area contributed by atoms with Crippen molar-refractivity contribution in [3.05, 3.63) is 35.4 Å². The van der Waals surface area contributed by atoms with Crippen LogP contribution >= 0.6 is 0 Å². The Bertz CT molecular complexity index is 556. The van der Waals surface area contributed by atoms with Crippen molar-refractivity contribution in [1.82, 2.24) is 10.2 Å². The molecular weight excluding hydrogens is 260 g/mol. The van der Waals surface area contributed by atoms with Gasteiger partial charge in [-0.25, -0.2) is 0 Å². The third-order valence-electron chi connectivity index (χ3n) is 5.70. The van der Waals surface area contributed by atoms with Crippen LogP contribution in [-0.2, 0) is 11.2 Å². The van der Waals surface area contributed by atoms with E-state index >= 15 is 0 Å². The van der Waals surface area contributed by atoms with Crippen LogP contribution in [0.4, 0.5) is 0 Å². The molecule has 21 heavy (non-hydrogen) atoms. The number of likely N-dealkylation sites (tertiary alicyclic amines) is 1. The zero-order chi connectivity index (χ0) is 14.4. The van der Waals surface area contributed by atoms with E-state index in [1.807, 2.05) is 0 Å². The molecule has 2 saturated heterocycles. The molecule has 1 amide bonds. The molecule has 112 valence electrons. The summed E-state index contributed by atoms with van der Waals surface area (Å²) in [5.41, 5.74) is 2.67. The van der Waals surface area contributed by atoms with Gasteiger partial charge in [-0.3, -0.25) is 4.79 Å². The summed E-state index contributed by atoms with van der Waals surface area (Å²) < 4.78 is 0. The van der Waals surface area contributed by atoms with E-state index in [0.717, 1.165) is 38.8 Å². The Morgan fingerprint density at radius 3 is 3.05 bits per heavy atom. The lowest BCUT2D eigenvalue weighted by atomic mass is 9.82. The van der Waals surface area contributed by atoms with Crippen LogP contribution in [0.2, 0.25) is 0 Å². The van der Waals surface area contributed by atoms with Crippen LogP contribution in [-0.4, -0.2) is 36.0 Å². The van der Waals surface area contributed by atoms with Crippen molar-refractivity contribution in [3.63, 3.8) is 0 Å². The van der Waals surface area contributed by atoms with E-state index in [4.69, 9.17) is 0 Å². The molecule has 1 aromatic rings. The Labute approximate surface area is 126 Å². The van der Waals surface area contributed by atoms with Crippen molar-refractivity contribution in [3.8, 4) is 0 Å². The van der Waals surface area contributed by atoms with E-state index in [1.54, 1.807) is 0 Å². The molecular formula is C18H24N2O. The van der Waals surface area contributed by atoms with Gasteiger partial charge in [-0.2, -0.15) is 0 Å². The minimum atomic E-state index is 0.0942. The Balaban J connectivity index is 1.63. The molecule has 3 heteroatoms. The second-order valence-electron chi connectivity index (χ2n) is 6.96. The van der Waals surface area contributed by atoms with E-state index in [0.29, 0.717) is 23.9 Å². The van der Waals surface area contributed by atoms with Crippen molar-refractivity contribution in [1.29, 1.82) is 0 Å². The molecule has 1 N–H and O–H groups in total. The third kappa shape index (κ3) is 2.10. The zero-order valence-electron chi connectivity index (χ0n) is 12.7. The second kappa shape index (κ2) is 5.13. The van der Waals surface area contributed by atoms with Crippen molar-refractivity contribution in [2.24, 2.45) is 5.92 Å². The highest BCUT2D eigenvalue weighted by Crippen LogP contribution is 2.38. The highest BCUT2D eigenvalue weighted by Gasteiger charge is 2.46. The summed E-state index contributed by atoms with van der Waals surface area (Å²) in [6.45, 7) is 4.29. The monoisotopic (exact) mass is 284 g/mol. The lowest BCUT2D eigenvalue weighted by Gasteiger charge is -2.34. The molecule has 0 bridgehead atoms. The number of carbonyl (C=O) groups excluding carboxylic acids is 1. The van der Waals surface area contributed by atoms with Crippen LogP contribution in [0.25, 0.3) is 0 Å². The molecule has 0 saturated carbocycles. The van der Waals surface area contributed by atoms with E-state index in [9.17, 15) is 4.79 Å². The average molecular weight is 284 g/mol. The fraction of sp³-hybridized carbons (Fsp3) is 0.611. The molecule has 2 fully saturated rings. The smallest absolute Gasteiger partial charge is 0.230 e. The van der Waals surface area contributed by atoms with Crippen molar-refractivity contribution < 1.29 is 4.79 Å². The maximum atomic E-state index is 13.2. The van der Waals surface area contributed by atoms with Gasteiger partial charge >= 0.3 is 0 Å². The number of nitrogens with zero attached hydrogens (tertiary/aromatic N) is 1. The van der Waals surface area contributed by atoms with Crippen LogP contribution in [0.5, 0.6) is 0 Å². The number of nitrogens with one attached hydrogen (secondary N) is 1. The Morgan fingerprint density at radius 1 is 1.29 bits per heavy atom. The highest BCUT2D eigenvalue weighted by molar-refractivity contribution is 5.85. The lowest BCUT2D eigenvalue weighted by molar-refractivity contribution is -0.135. The van der Waals surface area contributed by atoms with Gasteiger partial charge in [0.2, 0.25) is 5.91 Å². The molecule has 2 heterocycles. The SMILES string of the molecule is CC1CC2CNCC2N1C(=O)C1CCCc2ccccc21. The summed E-state index contributed by atoms with van der Waals surface area (Å²) in [5, 5.41) is 3.46. The summed E-state index contributed by atoms with van der Waals surface area (Å²) in [6.07, 6.45) is 4.45. The molecule has 4 unspecified atom stereocenters. The molecule has 1 aromatic carbocycles. The topological polar surface area (TPSA) is 32.3 Å². The number of amides is 1. The maximum Gasteiger partial charge on any atom is 0.230 e. The lowest BCUT2D eigenvalue weighted by Crippen LogP contribution is -2.45. The van der Waals surface area contributed by atoms with Gasteiger partial charge < -0.3 is 10.2 Å². The number of hydrogen-bond acceptors (Lipinski definition) is 2. The summed E-state index contributed by atoms with van der Waals surface area (Å²) in [5.74, 6) is 1.14. The standard InChI is InChI=1S/C18H24N2O/c1-12-9-14-10-19-11-17(14)20(12)18(21)16-8-4-6-13-5-2-3-7-15(13)16/h2-3,5,7,12,14,16-17,19H,4,6,8-11H2,1H3. The minimum absolute atomic E-state index is 0.0942. The second-order valence-corrected chi connectivity index (χ2v) is 6.96. The number of fused-ring (bicyclic) bond motifs is 2. The van der Waals surface area contributed by atoms with Gasteiger partial charge in [-0.15, -0.1) is 0 Å². The van der Waals surface area contributed by atoms with Gasteiger partial charge in [0.15, 0.2) is 0 Å². The highest BCUT2D eigenvalue weighted by atomic mass is 16.2. The first kappa shape index (κ1) is 13.3. The van der Waals surface area contributed by atoms with Gasteiger partial charge in [0.1, 0.15) is 0 Å². The van der Waals surface area contributed by atoms with Crippen molar-refractivity contribution in [2.75, 3.05) is 13.1 Å². The normalized spacial score (nSPS) is 34.6. The molecule has 4 rings (SSSR count). The van der Waals surface area contributed by atoms with E-state index in [2.05, 4.69) is 41.4 Å². The Hall–Kier alpha value is -1.35. The molecule has 4 atom stereocenters. The summed E-state index contributed by atoms with van der Waals surface area (Å²) in [6, 6.07) is 9.38. The molecule has 1 aliphatic carbocycles. The summed E-state index contributed by atoms with van der Waals surface area (Å²) in [4.78, 5) is 15.4. The van der Waals surface area contributed by atoms with Crippen molar-refractivity contribution >= 4 is 5.91 Å². The largest absolute Gasteiger partial charge is 0.335 e. The number of benzene rings is 1. The summed E-state index contributed by atoms with van der Waals surface area (Å²) >= 11 is 0. The average Bonchev–Trinajstić information content (AvgIpc) is 3.06. The van der Waals surface area contributed by atoms with Crippen LogP contribution in [0, 0.1) is 5.92 Å². The first-order valence-corrected chi connectivity index (χ1v) is 8.36. The maximum absolute atomic E-state index is 13.2. The number of carbonyl (C=O) groups is 1. The van der Waals surface area contributed by atoms with Crippen LogP contribution in [0.15, 0.2) is 24.3 Å². The van der Waals surface area contributed by atoms with Crippen LogP contribution in [0.1, 0.15) is 43.2 Å². The van der Waals surface area contributed by atoms with Gasteiger partial charge in [0.25, 0.3) is 0 Å². The number of aryl methyl sites for hydroxylation is 1. The fourth-order valence-corrected chi connectivity index (χ4v) is 4.73. The molecule has 3 aliphatic rings. The van der Waals surface area contributed by atoms with E-state index in [1.165, 1.54) is 11.1 Å². The molecule has 0 radical (unpaired) electrons. The molecule has 0 spiro atoms. The molecule has 3 nitrogen and oxygen atoms in total. The number of rotatable bonds is 1. The van der Waals surface area contributed by atoms with E-state index in [-0.39, 0.29) is 5.92 Å². The van der Waals surface area contributed by atoms with Gasteiger partial charge in [0.05, 0.1) is 5.92 Å². The van der Waals surface area contributed by atoms with Crippen molar-refractivity contribution in [2.45, 2.75) is 50.6 Å². The minimum Gasteiger partial charge on any atom is -0.335 e. The van der Waals surface area contributed by atoms with Crippen LogP contribution < -0.4 is 5.32 Å². The van der Waals surface area contributed by atoms with Gasteiger partial charge in [-0.05, 0) is 49.7 Å².